The number of carbonyl (C=O) groups excluding carboxylic acids is 1. The van der Waals surface area contributed by atoms with Crippen LogP contribution in [0.1, 0.15) is 16.6 Å². The van der Waals surface area contributed by atoms with Gasteiger partial charge in [-0.05, 0) is 41.1 Å². The predicted molar refractivity (Wildman–Crippen MR) is 71.8 cm³/mol. The Labute approximate surface area is 112 Å². The van der Waals surface area contributed by atoms with E-state index in [4.69, 9.17) is 4.74 Å². The number of pyridine rings is 1. The molecule has 0 atom stereocenters. The van der Waals surface area contributed by atoms with Crippen LogP contribution in [0.25, 0.3) is 10.4 Å². The van der Waals surface area contributed by atoms with Crippen LogP contribution in [0.3, 0.4) is 0 Å². The van der Waals surface area contributed by atoms with Crippen molar-refractivity contribution in [2.24, 2.45) is 0 Å². The van der Waals surface area contributed by atoms with Gasteiger partial charge in [0.1, 0.15) is 0 Å². The highest BCUT2D eigenvalue weighted by molar-refractivity contribution is 9.10. The van der Waals surface area contributed by atoms with E-state index in [0.717, 1.165) is 19.8 Å². The predicted octanol–water partition coefficient (Wildman–Crippen LogP) is 3.78. The summed E-state index contributed by atoms with van der Waals surface area (Å²) in [6, 6.07) is 5.66. The van der Waals surface area contributed by atoms with Crippen molar-refractivity contribution in [3.8, 4) is 16.3 Å². The van der Waals surface area contributed by atoms with E-state index in [9.17, 15) is 4.79 Å². The van der Waals surface area contributed by atoms with E-state index in [1.165, 1.54) is 11.3 Å². The lowest BCUT2D eigenvalue weighted by Crippen LogP contribution is -1.90. The number of halogens is 1. The van der Waals surface area contributed by atoms with E-state index in [1.807, 2.05) is 18.2 Å². The van der Waals surface area contributed by atoms with E-state index in [2.05, 4.69) is 20.9 Å². The molecule has 0 aliphatic carbocycles. The van der Waals surface area contributed by atoms with Crippen molar-refractivity contribution in [2.45, 2.75) is 6.92 Å². The smallest absolute Gasteiger partial charge is 0.221 e. The second-order valence-electron chi connectivity index (χ2n) is 3.43. The monoisotopic (exact) mass is 311 g/mol. The molecule has 0 aliphatic rings. The number of Topliss-reactive ketones (excluding diaryl/α,β-unsaturated/α-hetero) is 1. The molecule has 17 heavy (non-hydrogen) atoms. The molecule has 2 aromatic rings. The van der Waals surface area contributed by atoms with E-state index in [-0.39, 0.29) is 5.78 Å². The minimum Gasteiger partial charge on any atom is -0.481 e. The van der Waals surface area contributed by atoms with Gasteiger partial charge in [0, 0.05) is 15.5 Å². The molecule has 2 rings (SSSR count). The standard InChI is InChI=1S/C12H10BrNO2S/c1-7(15)10-3-4-11(17-10)9-5-8(13)6-14-12(9)16-2/h3-6H,1-2H3. The first-order valence-corrected chi connectivity index (χ1v) is 6.53. The molecule has 0 saturated heterocycles. The number of methoxy groups -OCH3 is 1. The maximum atomic E-state index is 11.3. The van der Waals surface area contributed by atoms with Crippen LogP contribution in [0.15, 0.2) is 28.9 Å². The average Bonchev–Trinajstić information content (AvgIpc) is 2.78. The van der Waals surface area contributed by atoms with Gasteiger partial charge < -0.3 is 4.74 Å². The molecule has 0 amide bonds. The summed E-state index contributed by atoms with van der Waals surface area (Å²) >= 11 is 4.82. The molecule has 0 bridgehead atoms. The van der Waals surface area contributed by atoms with Gasteiger partial charge in [-0.3, -0.25) is 4.79 Å². The van der Waals surface area contributed by atoms with Crippen LogP contribution < -0.4 is 4.74 Å². The molecule has 0 aromatic carbocycles. The normalized spacial score (nSPS) is 10.3. The molecule has 0 N–H and O–H groups in total. The zero-order valence-electron chi connectivity index (χ0n) is 9.36. The second-order valence-corrected chi connectivity index (χ2v) is 5.43. The second kappa shape index (κ2) is 4.98. The van der Waals surface area contributed by atoms with E-state index >= 15 is 0 Å². The van der Waals surface area contributed by atoms with Crippen LogP contribution in [0.5, 0.6) is 5.88 Å². The summed E-state index contributed by atoms with van der Waals surface area (Å²) in [5, 5.41) is 0. The minimum absolute atomic E-state index is 0.0724. The van der Waals surface area contributed by atoms with Gasteiger partial charge in [-0.25, -0.2) is 4.98 Å². The van der Waals surface area contributed by atoms with Crippen LogP contribution in [-0.4, -0.2) is 17.9 Å². The fraction of sp³-hybridized carbons (Fsp3) is 0.167. The van der Waals surface area contributed by atoms with Gasteiger partial charge in [0.25, 0.3) is 0 Å². The van der Waals surface area contributed by atoms with Crippen molar-refractivity contribution in [1.29, 1.82) is 0 Å². The molecular formula is C12H10BrNO2S. The Kier molecular flexibility index (Phi) is 3.59. The summed E-state index contributed by atoms with van der Waals surface area (Å²) in [6.07, 6.45) is 1.68. The molecular weight excluding hydrogens is 302 g/mol. The zero-order chi connectivity index (χ0) is 12.4. The maximum absolute atomic E-state index is 11.3. The molecule has 0 aliphatic heterocycles. The van der Waals surface area contributed by atoms with E-state index in [0.29, 0.717) is 5.88 Å². The number of ketones is 1. The highest BCUT2D eigenvalue weighted by atomic mass is 79.9. The summed E-state index contributed by atoms with van der Waals surface area (Å²) in [7, 11) is 1.58. The van der Waals surface area contributed by atoms with Gasteiger partial charge in [-0.15, -0.1) is 11.3 Å². The van der Waals surface area contributed by atoms with Gasteiger partial charge in [-0.1, -0.05) is 0 Å². The number of aromatic nitrogens is 1. The summed E-state index contributed by atoms with van der Waals surface area (Å²) in [4.78, 5) is 17.2. The molecule has 5 heteroatoms. The summed E-state index contributed by atoms with van der Waals surface area (Å²) in [5.74, 6) is 0.633. The fourth-order valence-corrected chi connectivity index (χ4v) is 2.68. The summed E-state index contributed by atoms with van der Waals surface area (Å²) in [6.45, 7) is 1.56. The van der Waals surface area contributed by atoms with Crippen molar-refractivity contribution in [2.75, 3.05) is 7.11 Å². The van der Waals surface area contributed by atoms with Crippen molar-refractivity contribution in [3.63, 3.8) is 0 Å². The number of nitrogens with zero attached hydrogens (tertiary/aromatic N) is 1. The van der Waals surface area contributed by atoms with Gasteiger partial charge >= 0.3 is 0 Å². The largest absolute Gasteiger partial charge is 0.481 e. The molecule has 0 radical (unpaired) electrons. The van der Waals surface area contributed by atoms with Gasteiger partial charge in [0.15, 0.2) is 5.78 Å². The van der Waals surface area contributed by atoms with Crippen LogP contribution >= 0.6 is 27.3 Å². The van der Waals surface area contributed by atoms with Crippen LogP contribution in [-0.2, 0) is 0 Å². The molecule has 0 fully saturated rings. The molecule has 0 spiro atoms. The Balaban J connectivity index is 2.51. The van der Waals surface area contributed by atoms with Crippen LogP contribution in [0.4, 0.5) is 0 Å². The highest BCUT2D eigenvalue weighted by Gasteiger charge is 2.12. The molecule has 0 saturated carbocycles. The number of rotatable bonds is 3. The third kappa shape index (κ3) is 2.56. The van der Waals surface area contributed by atoms with Crippen molar-refractivity contribution < 1.29 is 9.53 Å². The quantitative estimate of drug-likeness (QED) is 0.810. The molecule has 3 nitrogen and oxygen atoms in total. The summed E-state index contributed by atoms with van der Waals surface area (Å²) in [5.41, 5.74) is 0.888. The SMILES string of the molecule is COc1ncc(Br)cc1-c1ccc(C(C)=O)s1. The number of ether oxygens (including phenoxy) is 1. The molecule has 88 valence electrons. The van der Waals surface area contributed by atoms with Crippen LogP contribution in [0, 0.1) is 0 Å². The van der Waals surface area contributed by atoms with Crippen molar-refractivity contribution >= 4 is 33.0 Å². The summed E-state index contributed by atoms with van der Waals surface area (Å²) < 4.78 is 6.09. The molecule has 2 aromatic heterocycles. The number of hydrogen-bond acceptors (Lipinski definition) is 4. The maximum Gasteiger partial charge on any atom is 0.221 e. The number of thiophene rings is 1. The Morgan fingerprint density at radius 3 is 2.82 bits per heavy atom. The fourth-order valence-electron chi connectivity index (χ4n) is 1.44. The van der Waals surface area contributed by atoms with Gasteiger partial charge in [-0.2, -0.15) is 0 Å². The third-order valence-corrected chi connectivity index (χ3v) is 3.88. The highest BCUT2D eigenvalue weighted by Crippen LogP contribution is 2.35. The lowest BCUT2D eigenvalue weighted by Gasteiger charge is -2.05. The Hall–Kier alpha value is -1.20. The van der Waals surface area contributed by atoms with E-state index in [1.54, 1.807) is 20.2 Å². The minimum atomic E-state index is 0.0724. The van der Waals surface area contributed by atoms with Crippen molar-refractivity contribution in [1.82, 2.24) is 4.98 Å². The number of carbonyl (C=O) groups is 1. The average molecular weight is 312 g/mol. The van der Waals surface area contributed by atoms with Crippen LogP contribution in [0.2, 0.25) is 0 Å². The lowest BCUT2D eigenvalue weighted by molar-refractivity contribution is 0.102. The first kappa shape index (κ1) is 12.3. The number of hydrogen-bond donors (Lipinski definition) is 0. The first-order chi connectivity index (χ1) is 8.11. The molecule has 2 heterocycles. The zero-order valence-corrected chi connectivity index (χ0v) is 11.8. The van der Waals surface area contributed by atoms with Crippen molar-refractivity contribution in [3.05, 3.63) is 33.7 Å². The topological polar surface area (TPSA) is 39.2 Å². The first-order valence-electron chi connectivity index (χ1n) is 4.92. The third-order valence-electron chi connectivity index (χ3n) is 2.23. The Bertz CT molecular complexity index is 565. The van der Waals surface area contributed by atoms with Gasteiger partial charge in [0.05, 0.1) is 17.6 Å². The Morgan fingerprint density at radius 2 is 2.24 bits per heavy atom. The Morgan fingerprint density at radius 1 is 1.47 bits per heavy atom. The van der Waals surface area contributed by atoms with Gasteiger partial charge in [0.2, 0.25) is 5.88 Å². The lowest BCUT2D eigenvalue weighted by atomic mass is 10.2. The van der Waals surface area contributed by atoms with E-state index < -0.39 is 0 Å². The molecule has 0 unspecified atom stereocenters.